The Morgan fingerprint density at radius 3 is 2.29 bits per heavy atom. The molecule has 0 aliphatic rings. The molecule has 2 aromatic carbocycles. The summed E-state index contributed by atoms with van der Waals surface area (Å²) < 4.78 is 5.71. The third-order valence-corrected chi connectivity index (χ3v) is 4.67. The van der Waals surface area contributed by atoms with Crippen LogP contribution in [0, 0.1) is 6.92 Å². The molecule has 0 aliphatic carbocycles. The van der Waals surface area contributed by atoms with Crippen LogP contribution in [0.5, 0.6) is 0 Å². The molecule has 0 saturated carbocycles. The molecule has 2 nitrogen and oxygen atoms in total. The molecule has 1 heterocycles. The Balaban J connectivity index is 1.66. The maximum Gasteiger partial charge on any atom is 0.111 e. The molecule has 0 radical (unpaired) electrons. The van der Waals surface area contributed by atoms with Crippen molar-refractivity contribution in [2.24, 2.45) is 0 Å². The molecule has 0 saturated heterocycles. The second-order valence-corrected chi connectivity index (χ2v) is 6.49. The highest BCUT2D eigenvalue weighted by atomic mass is 16.3. The third-order valence-electron chi connectivity index (χ3n) is 4.67. The van der Waals surface area contributed by atoms with Gasteiger partial charge in [-0.25, -0.2) is 0 Å². The SMILES string of the molecule is Cc1ccc([C@H](CC[NH2+][C@@H](C)c2ccccc2)c2ccco2)cc1. The van der Waals surface area contributed by atoms with Gasteiger partial charge in [0.2, 0.25) is 0 Å². The normalized spacial score (nSPS) is 13.6. The number of hydrogen-bond donors (Lipinski definition) is 1. The molecule has 0 bridgehead atoms. The number of benzene rings is 2. The van der Waals surface area contributed by atoms with E-state index < -0.39 is 0 Å². The summed E-state index contributed by atoms with van der Waals surface area (Å²) in [4.78, 5) is 0. The molecule has 3 rings (SSSR count). The zero-order chi connectivity index (χ0) is 16.8. The second-order valence-electron chi connectivity index (χ2n) is 6.49. The van der Waals surface area contributed by atoms with Crippen LogP contribution >= 0.6 is 0 Å². The summed E-state index contributed by atoms with van der Waals surface area (Å²) in [5.74, 6) is 1.37. The first-order valence-electron chi connectivity index (χ1n) is 8.72. The number of aryl methyl sites for hydroxylation is 1. The molecule has 0 unspecified atom stereocenters. The largest absolute Gasteiger partial charge is 0.469 e. The Kier molecular flexibility index (Phi) is 5.50. The molecule has 0 fully saturated rings. The highest BCUT2D eigenvalue weighted by molar-refractivity contribution is 5.29. The summed E-state index contributed by atoms with van der Waals surface area (Å²) in [7, 11) is 0. The first-order chi connectivity index (χ1) is 11.7. The van der Waals surface area contributed by atoms with Crippen molar-refractivity contribution in [3.8, 4) is 0 Å². The van der Waals surface area contributed by atoms with Gasteiger partial charge in [-0.1, -0.05) is 60.2 Å². The van der Waals surface area contributed by atoms with Crippen molar-refractivity contribution in [1.29, 1.82) is 0 Å². The molecule has 2 heteroatoms. The summed E-state index contributed by atoms with van der Waals surface area (Å²) >= 11 is 0. The highest BCUT2D eigenvalue weighted by Crippen LogP contribution is 2.28. The van der Waals surface area contributed by atoms with E-state index in [-0.39, 0.29) is 0 Å². The third kappa shape index (κ3) is 4.15. The van der Waals surface area contributed by atoms with Crippen molar-refractivity contribution in [2.75, 3.05) is 6.54 Å². The van der Waals surface area contributed by atoms with E-state index in [0.717, 1.165) is 18.7 Å². The Bertz CT molecular complexity index is 716. The van der Waals surface area contributed by atoms with Crippen molar-refractivity contribution >= 4 is 0 Å². The van der Waals surface area contributed by atoms with Crippen LogP contribution in [0.15, 0.2) is 77.4 Å². The number of furan rings is 1. The fraction of sp³-hybridized carbons (Fsp3) is 0.273. The number of nitrogens with two attached hydrogens (primary N) is 1. The lowest BCUT2D eigenvalue weighted by atomic mass is 9.92. The maximum atomic E-state index is 5.71. The minimum Gasteiger partial charge on any atom is -0.469 e. The number of quaternary nitrogens is 1. The summed E-state index contributed by atoms with van der Waals surface area (Å²) in [5.41, 5.74) is 4.00. The molecule has 0 spiro atoms. The smallest absolute Gasteiger partial charge is 0.111 e. The first kappa shape index (κ1) is 16.5. The van der Waals surface area contributed by atoms with Crippen LogP contribution in [0.3, 0.4) is 0 Å². The standard InChI is InChI=1S/C22H25NO/c1-17-10-12-20(13-11-17)21(22-9-6-16-24-22)14-15-23-18(2)19-7-4-3-5-8-19/h3-13,16,18,21,23H,14-15H2,1-2H3/p+1/t18-,21-/m0/s1. The molecule has 124 valence electrons. The lowest BCUT2D eigenvalue weighted by molar-refractivity contribution is -0.693. The summed E-state index contributed by atoms with van der Waals surface area (Å²) in [6, 6.07) is 24.0. The monoisotopic (exact) mass is 320 g/mol. The van der Waals surface area contributed by atoms with E-state index >= 15 is 0 Å². The fourth-order valence-corrected chi connectivity index (χ4v) is 3.17. The predicted octanol–water partition coefficient (Wildman–Crippen LogP) is 4.43. The zero-order valence-corrected chi connectivity index (χ0v) is 14.5. The van der Waals surface area contributed by atoms with E-state index in [0.29, 0.717) is 12.0 Å². The van der Waals surface area contributed by atoms with E-state index in [2.05, 4.69) is 79.8 Å². The minimum absolute atomic E-state index is 0.319. The topological polar surface area (TPSA) is 29.8 Å². The quantitative estimate of drug-likeness (QED) is 0.685. The van der Waals surface area contributed by atoms with Gasteiger partial charge in [0, 0.05) is 17.9 Å². The summed E-state index contributed by atoms with van der Waals surface area (Å²) in [6.07, 6.45) is 2.83. The molecule has 0 amide bonds. The van der Waals surface area contributed by atoms with Gasteiger partial charge in [0.25, 0.3) is 0 Å². The second kappa shape index (κ2) is 7.98. The minimum atomic E-state index is 0.319. The lowest BCUT2D eigenvalue weighted by Gasteiger charge is -2.17. The molecule has 0 aliphatic heterocycles. The molecular weight excluding hydrogens is 294 g/mol. The molecule has 2 atom stereocenters. The van der Waals surface area contributed by atoms with Crippen LogP contribution in [-0.2, 0) is 0 Å². The first-order valence-corrected chi connectivity index (χ1v) is 8.72. The molecule has 2 N–H and O–H groups in total. The fourth-order valence-electron chi connectivity index (χ4n) is 3.17. The highest BCUT2D eigenvalue weighted by Gasteiger charge is 2.18. The van der Waals surface area contributed by atoms with E-state index in [1.807, 2.05) is 6.07 Å². The number of rotatable bonds is 7. The summed E-state index contributed by atoms with van der Waals surface area (Å²) in [5, 5.41) is 2.42. The average Bonchev–Trinajstić information content (AvgIpc) is 3.15. The van der Waals surface area contributed by atoms with Crippen LogP contribution in [0.4, 0.5) is 0 Å². The van der Waals surface area contributed by atoms with Crippen molar-refractivity contribution in [3.05, 3.63) is 95.4 Å². The van der Waals surface area contributed by atoms with Crippen LogP contribution in [0.25, 0.3) is 0 Å². The van der Waals surface area contributed by atoms with Gasteiger partial charge < -0.3 is 9.73 Å². The van der Waals surface area contributed by atoms with Gasteiger partial charge in [-0.15, -0.1) is 0 Å². The van der Waals surface area contributed by atoms with Gasteiger partial charge >= 0.3 is 0 Å². The van der Waals surface area contributed by atoms with Crippen molar-refractivity contribution in [2.45, 2.75) is 32.2 Å². The Labute approximate surface area is 144 Å². The van der Waals surface area contributed by atoms with Gasteiger partial charge in [0.1, 0.15) is 11.8 Å². The van der Waals surface area contributed by atoms with Crippen molar-refractivity contribution in [1.82, 2.24) is 0 Å². The molecular formula is C22H26NO+. The van der Waals surface area contributed by atoms with Crippen LogP contribution < -0.4 is 5.32 Å². The van der Waals surface area contributed by atoms with Crippen LogP contribution in [-0.4, -0.2) is 6.54 Å². The average molecular weight is 320 g/mol. The van der Waals surface area contributed by atoms with Gasteiger partial charge in [-0.05, 0) is 31.5 Å². The van der Waals surface area contributed by atoms with Gasteiger partial charge in [-0.3, -0.25) is 0 Å². The summed E-state index contributed by atoms with van der Waals surface area (Å²) in [6.45, 7) is 5.46. The van der Waals surface area contributed by atoms with E-state index in [4.69, 9.17) is 4.42 Å². The van der Waals surface area contributed by atoms with E-state index in [9.17, 15) is 0 Å². The van der Waals surface area contributed by atoms with E-state index in [1.54, 1.807) is 6.26 Å². The van der Waals surface area contributed by atoms with Crippen LogP contribution in [0.2, 0.25) is 0 Å². The predicted molar refractivity (Wildman–Crippen MR) is 98.0 cm³/mol. The maximum absolute atomic E-state index is 5.71. The number of hydrogen-bond acceptors (Lipinski definition) is 1. The Morgan fingerprint density at radius 2 is 1.62 bits per heavy atom. The Morgan fingerprint density at radius 1 is 0.875 bits per heavy atom. The zero-order valence-electron chi connectivity index (χ0n) is 14.5. The van der Waals surface area contributed by atoms with Crippen LogP contribution in [0.1, 0.15) is 47.8 Å². The van der Waals surface area contributed by atoms with Crippen molar-refractivity contribution in [3.63, 3.8) is 0 Å². The molecule has 3 aromatic rings. The molecule has 24 heavy (non-hydrogen) atoms. The van der Waals surface area contributed by atoms with Gasteiger partial charge in [0.15, 0.2) is 0 Å². The van der Waals surface area contributed by atoms with Gasteiger partial charge in [0.05, 0.1) is 12.8 Å². The van der Waals surface area contributed by atoms with Gasteiger partial charge in [-0.2, -0.15) is 0 Å². The molecule has 1 aromatic heterocycles. The Hall–Kier alpha value is -2.32. The van der Waals surface area contributed by atoms with Crippen molar-refractivity contribution < 1.29 is 9.73 Å². The van der Waals surface area contributed by atoms with E-state index in [1.165, 1.54) is 16.7 Å². The lowest BCUT2D eigenvalue weighted by Crippen LogP contribution is -2.84.